The molecule has 0 spiro atoms. The predicted octanol–water partition coefficient (Wildman–Crippen LogP) is 13.2. The molecule has 0 bridgehead atoms. The molecule has 0 aliphatic heterocycles. The SMILES string of the molecule is CC1(C)c2ccccc2-c2ccc(-n3c4ccccc4c4c3ccc3c5ccccc5n(-c5ccc(-c6nc(-c7ccccc7)nc(-c7ccccc7)n6)cc5C#N)c34)cc21. The van der Waals surface area contributed by atoms with E-state index in [9.17, 15) is 5.26 Å². The Hall–Kier alpha value is -8.14. The Morgan fingerprint density at radius 3 is 1.75 bits per heavy atom. The fraction of sp³-hybridized carbons (Fsp3) is 0.0545. The summed E-state index contributed by atoms with van der Waals surface area (Å²) in [5, 5.41) is 15.5. The van der Waals surface area contributed by atoms with Crippen molar-refractivity contribution in [3.05, 3.63) is 199 Å². The molecule has 0 fully saturated rings. The van der Waals surface area contributed by atoms with E-state index < -0.39 is 0 Å². The van der Waals surface area contributed by atoms with Crippen LogP contribution in [-0.4, -0.2) is 24.1 Å². The van der Waals surface area contributed by atoms with Crippen LogP contribution in [0.5, 0.6) is 0 Å². The fourth-order valence-electron chi connectivity index (χ4n) is 9.77. The van der Waals surface area contributed by atoms with Crippen LogP contribution in [0.25, 0.3) is 100 Å². The van der Waals surface area contributed by atoms with E-state index in [4.69, 9.17) is 15.0 Å². The summed E-state index contributed by atoms with van der Waals surface area (Å²) in [6.45, 7) is 4.66. The molecule has 61 heavy (non-hydrogen) atoms. The lowest BCUT2D eigenvalue weighted by atomic mass is 9.82. The molecule has 0 unspecified atom stereocenters. The molecule has 0 saturated heterocycles. The minimum absolute atomic E-state index is 0.131. The largest absolute Gasteiger partial charge is 0.309 e. The molecule has 0 N–H and O–H groups in total. The van der Waals surface area contributed by atoms with Crippen LogP contribution in [0.2, 0.25) is 0 Å². The van der Waals surface area contributed by atoms with E-state index in [1.165, 1.54) is 22.3 Å². The van der Waals surface area contributed by atoms with Gasteiger partial charge in [-0.1, -0.05) is 147 Å². The van der Waals surface area contributed by atoms with Gasteiger partial charge < -0.3 is 9.13 Å². The first-order valence-electron chi connectivity index (χ1n) is 20.6. The molecule has 3 heterocycles. The monoisotopic (exact) mass is 780 g/mol. The second-order valence-electron chi connectivity index (χ2n) is 16.3. The van der Waals surface area contributed by atoms with Crippen LogP contribution >= 0.6 is 0 Å². The third-order valence-corrected chi connectivity index (χ3v) is 12.6. The molecule has 1 aliphatic carbocycles. The van der Waals surface area contributed by atoms with Crippen molar-refractivity contribution in [1.82, 2.24) is 24.1 Å². The minimum Gasteiger partial charge on any atom is -0.309 e. The van der Waals surface area contributed by atoms with Gasteiger partial charge in [-0.25, -0.2) is 15.0 Å². The van der Waals surface area contributed by atoms with Gasteiger partial charge in [0.25, 0.3) is 0 Å². The highest BCUT2D eigenvalue weighted by Gasteiger charge is 2.35. The topological polar surface area (TPSA) is 72.3 Å². The van der Waals surface area contributed by atoms with E-state index >= 15 is 0 Å². The summed E-state index contributed by atoms with van der Waals surface area (Å²) < 4.78 is 4.70. The van der Waals surface area contributed by atoms with E-state index in [1.54, 1.807) is 0 Å². The lowest BCUT2D eigenvalue weighted by Gasteiger charge is -2.22. The standard InChI is InChI=1S/C55H36N6/c1-55(2)44-22-12-9-19-39(44)40-27-26-38(32-45(40)55)60-48-24-14-11-21-43(48)50-49(60)30-28-42-41-20-10-13-23-47(41)61(51(42)50)46-29-25-36(31-37(46)33-56)54-58-52(34-15-5-3-6-16-34)57-53(59-54)35-17-7-4-8-18-35/h3-32H,1-2H3. The van der Waals surface area contributed by atoms with Gasteiger partial charge in [0.05, 0.1) is 33.3 Å². The maximum atomic E-state index is 11.0. The molecule has 8 aromatic carbocycles. The number of hydrogen-bond acceptors (Lipinski definition) is 4. The van der Waals surface area contributed by atoms with Crippen molar-refractivity contribution >= 4 is 43.6 Å². The van der Waals surface area contributed by atoms with Gasteiger partial charge in [0.2, 0.25) is 0 Å². The average Bonchev–Trinajstić information content (AvgIpc) is 3.92. The minimum atomic E-state index is -0.131. The Morgan fingerprint density at radius 1 is 0.459 bits per heavy atom. The molecule has 0 atom stereocenters. The normalized spacial score (nSPS) is 12.9. The Balaban J connectivity index is 1.09. The number of benzene rings is 8. The zero-order valence-corrected chi connectivity index (χ0v) is 33.5. The summed E-state index contributed by atoms with van der Waals surface area (Å²) in [7, 11) is 0. The van der Waals surface area contributed by atoms with Crippen LogP contribution in [0.3, 0.4) is 0 Å². The Bertz CT molecular complexity index is 3570. The van der Waals surface area contributed by atoms with E-state index in [-0.39, 0.29) is 5.41 Å². The summed E-state index contributed by atoms with van der Waals surface area (Å²) in [6, 6.07) is 65.9. The van der Waals surface area contributed by atoms with Gasteiger partial charge in [-0.15, -0.1) is 0 Å². The van der Waals surface area contributed by atoms with Gasteiger partial charge in [0.1, 0.15) is 6.07 Å². The van der Waals surface area contributed by atoms with Crippen LogP contribution in [0.1, 0.15) is 30.5 Å². The third kappa shape index (κ3) is 5.17. The summed E-state index contributed by atoms with van der Waals surface area (Å²) in [4.78, 5) is 14.8. The van der Waals surface area contributed by atoms with Crippen molar-refractivity contribution in [3.8, 4) is 62.7 Å². The average molecular weight is 781 g/mol. The summed E-state index contributed by atoms with van der Waals surface area (Å²) in [5.41, 5.74) is 14.4. The molecule has 12 rings (SSSR count). The zero-order chi connectivity index (χ0) is 40.8. The molecule has 0 radical (unpaired) electrons. The lowest BCUT2D eigenvalue weighted by molar-refractivity contribution is 0.660. The maximum absolute atomic E-state index is 11.0. The highest BCUT2D eigenvalue weighted by Crippen LogP contribution is 2.50. The van der Waals surface area contributed by atoms with Crippen molar-refractivity contribution < 1.29 is 0 Å². The maximum Gasteiger partial charge on any atom is 0.164 e. The number of hydrogen-bond donors (Lipinski definition) is 0. The van der Waals surface area contributed by atoms with Crippen LogP contribution in [0.15, 0.2) is 182 Å². The first-order valence-corrected chi connectivity index (χ1v) is 20.6. The van der Waals surface area contributed by atoms with Crippen LogP contribution in [-0.2, 0) is 5.41 Å². The molecule has 1 aliphatic rings. The molecular formula is C55H36N6. The highest BCUT2D eigenvalue weighted by atomic mass is 15.0. The van der Waals surface area contributed by atoms with Crippen molar-refractivity contribution in [3.63, 3.8) is 0 Å². The van der Waals surface area contributed by atoms with Crippen LogP contribution in [0.4, 0.5) is 0 Å². The lowest BCUT2D eigenvalue weighted by Crippen LogP contribution is -2.15. The molecule has 6 heteroatoms. The van der Waals surface area contributed by atoms with Crippen molar-refractivity contribution in [2.45, 2.75) is 19.3 Å². The number of para-hydroxylation sites is 2. The van der Waals surface area contributed by atoms with Crippen molar-refractivity contribution in [2.75, 3.05) is 0 Å². The van der Waals surface area contributed by atoms with Crippen LogP contribution < -0.4 is 0 Å². The smallest absolute Gasteiger partial charge is 0.164 e. The van der Waals surface area contributed by atoms with Crippen LogP contribution in [0, 0.1) is 11.3 Å². The molecule has 286 valence electrons. The Kier molecular flexibility index (Phi) is 7.54. The van der Waals surface area contributed by atoms with Gasteiger partial charge in [-0.05, 0) is 70.8 Å². The third-order valence-electron chi connectivity index (χ3n) is 12.6. The number of fused-ring (bicyclic) bond motifs is 10. The number of nitriles is 1. The van der Waals surface area contributed by atoms with Crippen molar-refractivity contribution in [1.29, 1.82) is 5.26 Å². The van der Waals surface area contributed by atoms with Crippen molar-refractivity contribution in [2.24, 2.45) is 0 Å². The van der Waals surface area contributed by atoms with Gasteiger partial charge in [-0.3, -0.25) is 0 Å². The second-order valence-corrected chi connectivity index (χ2v) is 16.3. The molecule has 6 nitrogen and oxygen atoms in total. The Morgan fingerprint density at radius 2 is 1.05 bits per heavy atom. The van der Waals surface area contributed by atoms with E-state index in [1.807, 2.05) is 78.9 Å². The summed E-state index contributed by atoms with van der Waals surface area (Å²) in [5.74, 6) is 1.65. The molecule has 0 amide bonds. The first-order chi connectivity index (χ1) is 30.0. The van der Waals surface area contributed by atoms with Gasteiger partial charge in [0, 0.05) is 49.3 Å². The molecular weight excluding hydrogens is 745 g/mol. The number of aromatic nitrogens is 5. The quantitative estimate of drug-likeness (QED) is 0.174. The van der Waals surface area contributed by atoms with Gasteiger partial charge in [0.15, 0.2) is 17.5 Å². The van der Waals surface area contributed by atoms with E-state index in [0.717, 1.165) is 71.7 Å². The number of rotatable bonds is 5. The number of nitrogens with zero attached hydrogens (tertiary/aromatic N) is 6. The molecule has 3 aromatic heterocycles. The molecule has 11 aromatic rings. The zero-order valence-electron chi connectivity index (χ0n) is 33.5. The van der Waals surface area contributed by atoms with Gasteiger partial charge >= 0.3 is 0 Å². The Labute approximate surface area is 352 Å². The fourth-order valence-corrected chi connectivity index (χ4v) is 9.77. The predicted molar refractivity (Wildman–Crippen MR) is 247 cm³/mol. The second kappa shape index (κ2) is 13.2. The summed E-state index contributed by atoms with van der Waals surface area (Å²) in [6.07, 6.45) is 0. The van der Waals surface area contributed by atoms with E-state index in [0.29, 0.717) is 23.0 Å². The highest BCUT2D eigenvalue weighted by molar-refractivity contribution is 6.26. The van der Waals surface area contributed by atoms with E-state index in [2.05, 4.69) is 132 Å². The first kappa shape index (κ1) is 34.9. The summed E-state index contributed by atoms with van der Waals surface area (Å²) >= 11 is 0. The molecule has 0 saturated carbocycles. The van der Waals surface area contributed by atoms with Gasteiger partial charge in [-0.2, -0.15) is 5.26 Å².